The van der Waals surface area contributed by atoms with Crippen LogP contribution in [0.25, 0.3) is 11.0 Å². The molecule has 6 heteroatoms. The van der Waals surface area contributed by atoms with Crippen LogP contribution in [0, 0.1) is 6.92 Å². The van der Waals surface area contributed by atoms with E-state index in [1.807, 2.05) is 19.1 Å². The second-order valence-corrected chi connectivity index (χ2v) is 4.86. The van der Waals surface area contributed by atoms with Crippen molar-refractivity contribution in [2.45, 2.75) is 25.6 Å². The van der Waals surface area contributed by atoms with Crippen molar-refractivity contribution in [3.8, 4) is 0 Å². The lowest BCUT2D eigenvalue weighted by atomic mass is 10.2. The predicted molar refractivity (Wildman–Crippen MR) is 70.8 cm³/mol. The lowest BCUT2D eigenvalue weighted by molar-refractivity contribution is -0.117. The molecular formula is C13H15FN4O. The van der Waals surface area contributed by atoms with Crippen LogP contribution >= 0.6 is 0 Å². The Balaban J connectivity index is 1.75. The second kappa shape index (κ2) is 4.62. The number of H-pyrrole nitrogens is 1. The summed E-state index contributed by atoms with van der Waals surface area (Å²) in [7, 11) is 0. The first-order chi connectivity index (χ1) is 9.11. The van der Waals surface area contributed by atoms with Crippen LogP contribution in [0.15, 0.2) is 18.2 Å². The standard InChI is InChI=1S/C13H15FN4O/c1-7-4-10-9(16-7)2-3-12(17-10)18-13(19)11-5-8(14)6-15-11/h2-4,8,11,15-16H,5-6H2,1H3,(H,17,18,19)/t8-,11-/m1/s1. The molecule has 0 radical (unpaired) electrons. The molecule has 3 N–H and O–H groups in total. The maximum absolute atomic E-state index is 13.0. The summed E-state index contributed by atoms with van der Waals surface area (Å²) in [6.07, 6.45) is -0.726. The zero-order valence-electron chi connectivity index (χ0n) is 10.5. The molecule has 1 saturated heterocycles. The molecule has 0 unspecified atom stereocenters. The Morgan fingerprint density at radius 1 is 1.53 bits per heavy atom. The van der Waals surface area contributed by atoms with E-state index in [1.54, 1.807) is 6.07 Å². The number of carbonyl (C=O) groups is 1. The van der Waals surface area contributed by atoms with E-state index in [0.717, 1.165) is 16.7 Å². The van der Waals surface area contributed by atoms with Crippen molar-refractivity contribution in [3.63, 3.8) is 0 Å². The first kappa shape index (κ1) is 12.1. The third-order valence-corrected chi connectivity index (χ3v) is 3.25. The number of hydrogen-bond acceptors (Lipinski definition) is 3. The van der Waals surface area contributed by atoms with Gasteiger partial charge in [0.2, 0.25) is 5.91 Å². The van der Waals surface area contributed by atoms with Gasteiger partial charge in [-0.3, -0.25) is 4.79 Å². The molecule has 3 heterocycles. The van der Waals surface area contributed by atoms with Crippen LogP contribution in [-0.4, -0.2) is 34.6 Å². The zero-order chi connectivity index (χ0) is 13.4. The smallest absolute Gasteiger partial charge is 0.242 e. The first-order valence-electron chi connectivity index (χ1n) is 6.26. The second-order valence-electron chi connectivity index (χ2n) is 4.86. The summed E-state index contributed by atoms with van der Waals surface area (Å²) in [5.41, 5.74) is 2.75. The van der Waals surface area contributed by atoms with Crippen molar-refractivity contribution in [1.29, 1.82) is 0 Å². The van der Waals surface area contributed by atoms with E-state index < -0.39 is 12.2 Å². The van der Waals surface area contributed by atoms with Gasteiger partial charge in [0.05, 0.1) is 17.1 Å². The average molecular weight is 262 g/mol. The van der Waals surface area contributed by atoms with E-state index in [0.29, 0.717) is 5.82 Å². The lowest BCUT2D eigenvalue weighted by Gasteiger charge is -2.10. The molecule has 0 aromatic carbocycles. The molecule has 2 aromatic heterocycles. The van der Waals surface area contributed by atoms with Gasteiger partial charge in [-0.25, -0.2) is 9.37 Å². The predicted octanol–water partition coefficient (Wildman–Crippen LogP) is 1.51. The highest BCUT2D eigenvalue weighted by atomic mass is 19.1. The van der Waals surface area contributed by atoms with Crippen LogP contribution in [-0.2, 0) is 4.79 Å². The van der Waals surface area contributed by atoms with Gasteiger partial charge in [-0.05, 0) is 25.1 Å². The number of halogens is 1. The molecular weight excluding hydrogens is 247 g/mol. The Bertz CT molecular complexity index is 624. The average Bonchev–Trinajstić information content (AvgIpc) is 2.93. The quantitative estimate of drug-likeness (QED) is 0.768. The van der Waals surface area contributed by atoms with E-state index in [9.17, 15) is 9.18 Å². The van der Waals surface area contributed by atoms with E-state index in [1.165, 1.54) is 0 Å². The van der Waals surface area contributed by atoms with Crippen LogP contribution in [0.5, 0.6) is 0 Å². The maximum atomic E-state index is 13.0. The number of aromatic nitrogens is 2. The van der Waals surface area contributed by atoms with E-state index >= 15 is 0 Å². The number of aryl methyl sites for hydroxylation is 1. The molecule has 1 amide bonds. The fourth-order valence-corrected chi connectivity index (χ4v) is 2.32. The third kappa shape index (κ3) is 2.44. The van der Waals surface area contributed by atoms with Crippen LogP contribution < -0.4 is 10.6 Å². The number of rotatable bonds is 2. The minimum absolute atomic E-state index is 0.220. The van der Waals surface area contributed by atoms with Gasteiger partial charge >= 0.3 is 0 Å². The summed E-state index contributed by atoms with van der Waals surface area (Å²) >= 11 is 0. The largest absolute Gasteiger partial charge is 0.357 e. The maximum Gasteiger partial charge on any atom is 0.242 e. The fraction of sp³-hybridized carbons (Fsp3) is 0.385. The number of nitrogens with zero attached hydrogens (tertiary/aromatic N) is 1. The van der Waals surface area contributed by atoms with Crippen molar-refractivity contribution in [1.82, 2.24) is 15.3 Å². The van der Waals surface area contributed by atoms with Crippen LogP contribution in [0.3, 0.4) is 0 Å². The Labute approximate surface area is 109 Å². The van der Waals surface area contributed by atoms with Crippen molar-refractivity contribution >= 4 is 22.8 Å². The number of nitrogens with one attached hydrogen (secondary N) is 3. The van der Waals surface area contributed by atoms with Gasteiger partial charge in [-0.2, -0.15) is 0 Å². The van der Waals surface area contributed by atoms with Crippen LogP contribution in [0.1, 0.15) is 12.1 Å². The number of alkyl halides is 1. The topological polar surface area (TPSA) is 69.8 Å². The van der Waals surface area contributed by atoms with E-state index in [4.69, 9.17) is 0 Å². The van der Waals surface area contributed by atoms with Crippen LogP contribution in [0.2, 0.25) is 0 Å². The molecule has 2 aromatic rings. The van der Waals surface area contributed by atoms with Gasteiger partial charge in [0, 0.05) is 18.7 Å². The van der Waals surface area contributed by atoms with Gasteiger partial charge in [0.15, 0.2) is 0 Å². The third-order valence-electron chi connectivity index (χ3n) is 3.25. The summed E-state index contributed by atoms with van der Waals surface area (Å²) in [6, 6.07) is 5.04. The number of pyridine rings is 1. The molecule has 0 bridgehead atoms. The Hall–Kier alpha value is -1.95. The summed E-state index contributed by atoms with van der Waals surface area (Å²) < 4.78 is 13.0. The summed E-state index contributed by atoms with van der Waals surface area (Å²) in [4.78, 5) is 19.4. The summed E-state index contributed by atoms with van der Waals surface area (Å²) in [5, 5.41) is 5.56. The van der Waals surface area contributed by atoms with E-state index in [2.05, 4.69) is 20.6 Å². The first-order valence-corrected chi connectivity index (χ1v) is 6.26. The zero-order valence-corrected chi connectivity index (χ0v) is 10.5. The minimum atomic E-state index is -0.946. The van der Waals surface area contributed by atoms with Crippen molar-refractivity contribution < 1.29 is 9.18 Å². The fourth-order valence-electron chi connectivity index (χ4n) is 2.32. The number of fused-ring (bicyclic) bond motifs is 1. The summed E-state index contributed by atoms with van der Waals surface area (Å²) in [5.74, 6) is 0.250. The Morgan fingerprint density at radius 3 is 3.11 bits per heavy atom. The molecule has 1 fully saturated rings. The van der Waals surface area contributed by atoms with Gasteiger partial charge in [0.1, 0.15) is 12.0 Å². The highest BCUT2D eigenvalue weighted by molar-refractivity contribution is 5.95. The highest BCUT2D eigenvalue weighted by Gasteiger charge is 2.29. The number of amides is 1. The SMILES string of the molecule is Cc1cc2nc(NC(=O)[C@H]3C[C@@H](F)CN3)ccc2[nH]1. The van der Waals surface area contributed by atoms with Crippen molar-refractivity contribution in [2.75, 3.05) is 11.9 Å². The van der Waals surface area contributed by atoms with Crippen LogP contribution in [0.4, 0.5) is 10.2 Å². The van der Waals surface area contributed by atoms with Crippen molar-refractivity contribution in [2.24, 2.45) is 0 Å². The lowest BCUT2D eigenvalue weighted by Crippen LogP contribution is -2.35. The molecule has 5 nitrogen and oxygen atoms in total. The summed E-state index contributed by atoms with van der Waals surface area (Å²) in [6.45, 7) is 2.19. The van der Waals surface area contributed by atoms with Gasteiger partial charge in [-0.15, -0.1) is 0 Å². The molecule has 100 valence electrons. The van der Waals surface area contributed by atoms with Gasteiger partial charge in [0.25, 0.3) is 0 Å². The molecule has 3 rings (SSSR count). The monoisotopic (exact) mass is 262 g/mol. The molecule has 1 aliphatic rings. The minimum Gasteiger partial charge on any atom is -0.357 e. The van der Waals surface area contributed by atoms with E-state index in [-0.39, 0.29) is 18.9 Å². The number of carbonyl (C=O) groups excluding carboxylic acids is 1. The molecule has 0 spiro atoms. The molecule has 1 aliphatic heterocycles. The van der Waals surface area contributed by atoms with Gasteiger partial charge < -0.3 is 15.6 Å². The Morgan fingerprint density at radius 2 is 2.37 bits per heavy atom. The number of aromatic amines is 1. The number of anilines is 1. The highest BCUT2D eigenvalue weighted by Crippen LogP contribution is 2.17. The normalized spacial score (nSPS) is 22.8. The molecule has 0 saturated carbocycles. The van der Waals surface area contributed by atoms with Gasteiger partial charge in [-0.1, -0.05) is 0 Å². The Kier molecular flexibility index (Phi) is 2.94. The van der Waals surface area contributed by atoms with Crippen molar-refractivity contribution in [3.05, 3.63) is 23.9 Å². The number of hydrogen-bond donors (Lipinski definition) is 3. The molecule has 19 heavy (non-hydrogen) atoms. The molecule has 0 aliphatic carbocycles. The molecule has 2 atom stereocenters.